The number of fused-ring (bicyclic) bond motifs is 1. The number of halogens is 1. The van der Waals surface area contributed by atoms with Gasteiger partial charge in [0.2, 0.25) is 0 Å². The second kappa shape index (κ2) is 16.5. The first-order valence-corrected chi connectivity index (χ1v) is 18.1. The van der Waals surface area contributed by atoms with Crippen molar-refractivity contribution in [3.8, 4) is 45.3 Å². The summed E-state index contributed by atoms with van der Waals surface area (Å²) in [5, 5.41) is 1.42. The van der Waals surface area contributed by atoms with Crippen LogP contribution in [0.5, 0.6) is 23.0 Å². The lowest BCUT2D eigenvalue weighted by Gasteiger charge is -2.15. The van der Waals surface area contributed by atoms with Crippen molar-refractivity contribution in [1.29, 1.82) is 0 Å². The Balaban J connectivity index is 1.22. The fourth-order valence-electron chi connectivity index (χ4n) is 5.67. The van der Waals surface area contributed by atoms with E-state index in [2.05, 4.69) is 72.8 Å². The van der Waals surface area contributed by atoms with E-state index in [0.717, 1.165) is 48.3 Å². The highest BCUT2D eigenvalue weighted by atomic mass is 35.5. The van der Waals surface area contributed by atoms with Gasteiger partial charge in [-0.2, -0.15) is 0 Å². The van der Waals surface area contributed by atoms with Crippen LogP contribution in [-0.4, -0.2) is 12.6 Å². The van der Waals surface area contributed by atoms with Gasteiger partial charge in [-0.15, -0.1) is 11.3 Å². The Bertz CT molecular complexity index is 2280. The molecule has 0 fully saturated rings. The van der Waals surface area contributed by atoms with Gasteiger partial charge in [0.25, 0.3) is 0 Å². The summed E-state index contributed by atoms with van der Waals surface area (Å²) < 4.78 is 25.5. The summed E-state index contributed by atoms with van der Waals surface area (Å²) in [6, 6.07) is 48.4. The predicted molar refractivity (Wildman–Crippen MR) is 211 cm³/mol. The Morgan fingerprint density at radius 3 is 1.71 bits per heavy atom. The van der Waals surface area contributed by atoms with E-state index in [-0.39, 0.29) is 6.61 Å². The highest BCUT2D eigenvalue weighted by Crippen LogP contribution is 2.46. The molecule has 7 aromatic rings. The van der Waals surface area contributed by atoms with Gasteiger partial charge < -0.3 is 18.9 Å². The third kappa shape index (κ3) is 8.55. The molecule has 0 aliphatic carbocycles. The average molecular weight is 723 g/mol. The van der Waals surface area contributed by atoms with E-state index >= 15 is 0 Å². The molecular formula is C45H35ClO5S. The molecule has 5 nitrogen and oxygen atoms in total. The van der Waals surface area contributed by atoms with Crippen molar-refractivity contribution >= 4 is 45.1 Å². The van der Waals surface area contributed by atoms with Crippen LogP contribution in [0.3, 0.4) is 0 Å². The SMILES string of the molecule is CCOC(=O)/C=C/c1sc2cc(OCc3ccc(-c4ccccc4)cc3)c(OCc3ccc(-c4ccccc4)cc3)cc2c1Oc1ccc(Cl)cc1. The van der Waals surface area contributed by atoms with Crippen LogP contribution in [-0.2, 0) is 22.7 Å². The highest BCUT2D eigenvalue weighted by Gasteiger charge is 2.19. The zero-order chi connectivity index (χ0) is 35.7. The van der Waals surface area contributed by atoms with Crippen LogP contribution in [0, 0.1) is 0 Å². The van der Waals surface area contributed by atoms with Crippen molar-refractivity contribution in [1.82, 2.24) is 0 Å². The van der Waals surface area contributed by atoms with Crippen LogP contribution in [0.2, 0.25) is 5.02 Å². The standard InChI is InChI=1S/C45H35ClO5S/c1-2-48-44(47)26-25-42-45(51-38-23-21-37(46)22-24-38)39-27-40(49-29-31-13-17-35(18-14-31)33-9-5-3-6-10-33)41(28-43(39)52-42)50-30-32-15-19-36(20-16-32)34-11-7-4-8-12-34/h3-28H,2,29-30H2,1H3/b26-25+. The molecule has 1 heterocycles. The first kappa shape index (κ1) is 34.6. The predicted octanol–water partition coefficient (Wildman–Crippen LogP) is 12.4. The molecule has 0 atom stereocenters. The van der Waals surface area contributed by atoms with Gasteiger partial charge in [-0.1, -0.05) is 121 Å². The number of hydrogen-bond donors (Lipinski definition) is 0. The lowest BCUT2D eigenvalue weighted by Crippen LogP contribution is -2.01. The number of rotatable bonds is 13. The molecule has 0 saturated heterocycles. The summed E-state index contributed by atoms with van der Waals surface area (Å²) in [5.41, 5.74) is 6.64. The minimum absolute atomic E-state index is 0.287. The maximum Gasteiger partial charge on any atom is 0.330 e. The summed E-state index contributed by atoms with van der Waals surface area (Å²) >= 11 is 7.64. The molecule has 0 spiro atoms. The van der Waals surface area contributed by atoms with Crippen molar-refractivity contribution in [3.05, 3.63) is 173 Å². The van der Waals surface area contributed by atoms with Crippen molar-refractivity contribution in [3.63, 3.8) is 0 Å². The fourth-order valence-corrected chi connectivity index (χ4v) is 6.84. The monoisotopic (exact) mass is 722 g/mol. The number of carbonyl (C=O) groups is 1. The van der Waals surface area contributed by atoms with Crippen LogP contribution >= 0.6 is 22.9 Å². The van der Waals surface area contributed by atoms with Gasteiger partial charge in [0.1, 0.15) is 19.0 Å². The molecule has 7 rings (SSSR count). The largest absolute Gasteiger partial charge is 0.485 e. The van der Waals surface area contributed by atoms with Crippen LogP contribution < -0.4 is 14.2 Å². The molecule has 52 heavy (non-hydrogen) atoms. The highest BCUT2D eigenvalue weighted by molar-refractivity contribution is 7.20. The average Bonchev–Trinajstić information content (AvgIpc) is 3.52. The van der Waals surface area contributed by atoms with E-state index in [1.807, 2.05) is 60.7 Å². The van der Waals surface area contributed by atoms with Crippen molar-refractivity contribution in [2.45, 2.75) is 20.1 Å². The number of carbonyl (C=O) groups excluding carboxylic acids is 1. The smallest absolute Gasteiger partial charge is 0.330 e. The van der Waals surface area contributed by atoms with Gasteiger partial charge in [0.15, 0.2) is 17.2 Å². The molecule has 0 radical (unpaired) electrons. The van der Waals surface area contributed by atoms with Crippen molar-refractivity contribution < 1.29 is 23.7 Å². The first-order valence-electron chi connectivity index (χ1n) is 17.0. The Hall–Kier alpha value is -5.82. The number of hydrogen-bond acceptors (Lipinski definition) is 6. The number of thiophene rings is 1. The van der Waals surface area contributed by atoms with Crippen molar-refractivity contribution in [2.75, 3.05) is 6.61 Å². The van der Waals surface area contributed by atoms with Gasteiger partial charge in [0, 0.05) is 27.3 Å². The summed E-state index contributed by atoms with van der Waals surface area (Å²) in [7, 11) is 0. The lowest BCUT2D eigenvalue weighted by atomic mass is 10.0. The van der Waals surface area contributed by atoms with E-state index in [4.69, 9.17) is 30.5 Å². The quantitative estimate of drug-likeness (QED) is 0.0876. The second-order valence-electron chi connectivity index (χ2n) is 11.9. The maximum absolute atomic E-state index is 12.3. The Labute approximate surface area is 312 Å². The molecule has 0 aliphatic heterocycles. The van der Waals surface area contributed by atoms with Crippen LogP contribution in [0.1, 0.15) is 22.9 Å². The number of ether oxygens (including phenoxy) is 4. The number of esters is 1. The third-order valence-electron chi connectivity index (χ3n) is 8.34. The minimum Gasteiger partial charge on any atom is -0.485 e. The van der Waals surface area contributed by atoms with E-state index in [9.17, 15) is 4.79 Å². The molecule has 0 saturated carbocycles. The van der Waals surface area contributed by atoms with Gasteiger partial charge in [0.05, 0.1) is 11.5 Å². The van der Waals surface area contributed by atoms with E-state index in [1.165, 1.54) is 17.4 Å². The topological polar surface area (TPSA) is 54.0 Å². The molecule has 0 unspecified atom stereocenters. The summed E-state index contributed by atoms with van der Waals surface area (Å²) in [6.07, 6.45) is 3.13. The molecule has 6 aromatic carbocycles. The summed E-state index contributed by atoms with van der Waals surface area (Å²) in [4.78, 5) is 13.0. The van der Waals surface area contributed by atoms with Crippen LogP contribution in [0.15, 0.2) is 152 Å². The van der Waals surface area contributed by atoms with Crippen molar-refractivity contribution in [2.24, 2.45) is 0 Å². The van der Waals surface area contributed by atoms with E-state index < -0.39 is 5.97 Å². The molecule has 0 amide bonds. The Kier molecular flexibility index (Phi) is 11.0. The first-order chi connectivity index (χ1) is 25.5. The second-order valence-corrected chi connectivity index (χ2v) is 13.5. The minimum atomic E-state index is -0.429. The molecule has 0 N–H and O–H groups in total. The molecule has 1 aromatic heterocycles. The molecule has 0 aliphatic rings. The zero-order valence-electron chi connectivity index (χ0n) is 28.5. The van der Waals surface area contributed by atoms with Gasteiger partial charge in [-0.05, 0) is 76.7 Å². The summed E-state index contributed by atoms with van der Waals surface area (Å²) in [5.74, 6) is 1.93. The molecule has 0 bridgehead atoms. The van der Waals surface area contributed by atoms with Gasteiger partial charge in [-0.3, -0.25) is 0 Å². The van der Waals surface area contributed by atoms with E-state index in [1.54, 1.807) is 25.1 Å². The lowest BCUT2D eigenvalue weighted by molar-refractivity contribution is -0.137. The molecular weight excluding hydrogens is 688 g/mol. The van der Waals surface area contributed by atoms with Gasteiger partial charge in [-0.25, -0.2) is 4.79 Å². The normalized spacial score (nSPS) is 11.1. The van der Waals surface area contributed by atoms with E-state index in [0.29, 0.717) is 41.2 Å². The Morgan fingerprint density at radius 1 is 0.654 bits per heavy atom. The Morgan fingerprint density at radius 2 is 1.17 bits per heavy atom. The maximum atomic E-state index is 12.3. The third-order valence-corrected chi connectivity index (χ3v) is 9.69. The fraction of sp³-hybridized carbons (Fsp3) is 0.0889. The number of benzene rings is 6. The van der Waals surface area contributed by atoms with Crippen LogP contribution in [0.25, 0.3) is 38.4 Å². The molecule has 7 heteroatoms. The summed E-state index contributed by atoms with van der Waals surface area (Å²) in [6.45, 7) is 2.74. The van der Waals surface area contributed by atoms with Crippen LogP contribution in [0.4, 0.5) is 0 Å². The zero-order valence-corrected chi connectivity index (χ0v) is 30.0. The molecule has 258 valence electrons. The van der Waals surface area contributed by atoms with Gasteiger partial charge >= 0.3 is 5.97 Å².